The van der Waals surface area contributed by atoms with Crippen LogP contribution in [0.5, 0.6) is 0 Å². The second-order valence-electron chi connectivity index (χ2n) is 5.40. The molecule has 2 rings (SSSR count). The topological polar surface area (TPSA) is 15.3 Å². The van der Waals surface area contributed by atoms with Crippen molar-refractivity contribution in [3.63, 3.8) is 0 Å². The molecule has 0 aromatic heterocycles. The van der Waals surface area contributed by atoms with E-state index < -0.39 is 0 Å². The quantitative estimate of drug-likeness (QED) is 0.726. The summed E-state index contributed by atoms with van der Waals surface area (Å²) in [6.45, 7) is 6.14. The first-order valence-electron chi connectivity index (χ1n) is 6.10. The van der Waals surface area contributed by atoms with Crippen molar-refractivity contribution in [1.29, 1.82) is 0 Å². The predicted molar refractivity (Wildman–Crippen MR) is 60.5 cm³/mol. The average Bonchev–Trinajstić information content (AvgIpc) is 2.14. The third-order valence-corrected chi connectivity index (χ3v) is 4.41. The fourth-order valence-corrected chi connectivity index (χ4v) is 3.21. The number of likely N-dealkylation sites (tertiary alicyclic amines) is 1. The minimum Gasteiger partial charge on any atom is -0.317 e. The molecule has 1 aliphatic carbocycles. The lowest BCUT2D eigenvalue weighted by Gasteiger charge is -2.53. The molecule has 0 radical (unpaired) electrons. The van der Waals surface area contributed by atoms with E-state index in [0.29, 0.717) is 5.54 Å². The van der Waals surface area contributed by atoms with Gasteiger partial charge in [-0.15, -0.1) is 0 Å². The Labute approximate surface area is 88.1 Å². The van der Waals surface area contributed by atoms with Gasteiger partial charge >= 0.3 is 0 Å². The number of piperidine rings is 1. The van der Waals surface area contributed by atoms with Crippen LogP contribution in [0.1, 0.15) is 46.0 Å². The maximum absolute atomic E-state index is 3.42. The molecule has 14 heavy (non-hydrogen) atoms. The van der Waals surface area contributed by atoms with Crippen molar-refractivity contribution < 1.29 is 0 Å². The Morgan fingerprint density at radius 2 is 2.07 bits per heavy atom. The molecule has 1 N–H and O–H groups in total. The molecule has 2 heteroatoms. The molecule has 2 fully saturated rings. The van der Waals surface area contributed by atoms with Crippen molar-refractivity contribution in [3.05, 3.63) is 0 Å². The predicted octanol–water partition coefficient (Wildman–Crippen LogP) is 2.00. The monoisotopic (exact) mass is 196 g/mol. The normalized spacial score (nSPS) is 37.9. The molecule has 2 nitrogen and oxygen atoms in total. The molecule has 0 aromatic carbocycles. The van der Waals surface area contributed by atoms with Crippen molar-refractivity contribution in [1.82, 2.24) is 10.2 Å². The molecule has 1 aliphatic heterocycles. The Morgan fingerprint density at radius 3 is 2.50 bits per heavy atom. The van der Waals surface area contributed by atoms with Gasteiger partial charge in [-0.05, 0) is 53.0 Å². The summed E-state index contributed by atoms with van der Waals surface area (Å²) in [5, 5.41) is 3.42. The number of hydrogen-bond acceptors (Lipinski definition) is 2. The summed E-state index contributed by atoms with van der Waals surface area (Å²) in [6.07, 6.45) is 6.93. The van der Waals surface area contributed by atoms with Gasteiger partial charge in [0.2, 0.25) is 0 Å². The van der Waals surface area contributed by atoms with Gasteiger partial charge in [0.05, 0.1) is 0 Å². The zero-order valence-electron chi connectivity index (χ0n) is 9.84. The fourth-order valence-electron chi connectivity index (χ4n) is 3.21. The molecule has 0 amide bonds. The molecule has 1 heterocycles. The van der Waals surface area contributed by atoms with Gasteiger partial charge in [-0.1, -0.05) is 0 Å². The Morgan fingerprint density at radius 1 is 1.36 bits per heavy atom. The van der Waals surface area contributed by atoms with E-state index in [2.05, 4.69) is 31.1 Å². The van der Waals surface area contributed by atoms with E-state index in [1.165, 1.54) is 38.6 Å². The highest BCUT2D eigenvalue weighted by atomic mass is 15.2. The molecule has 0 spiro atoms. The maximum atomic E-state index is 3.42. The summed E-state index contributed by atoms with van der Waals surface area (Å²) in [7, 11) is 2.10. The SMILES string of the molecule is CNC1CCN(C2(C)CCC2)C(C)C1. The Kier molecular flexibility index (Phi) is 2.85. The van der Waals surface area contributed by atoms with Crippen molar-refractivity contribution in [2.45, 2.75) is 63.6 Å². The summed E-state index contributed by atoms with van der Waals surface area (Å²) < 4.78 is 0. The van der Waals surface area contributed by atoms with Crippen molar-refractivity contribution in [3.8, 4) is 0 Å². The standard InChI is InChI=1S/C12H24N2/c1-10-9-11(13-3)5-8-14(10)12(2)6-4-7-12/h10-11,13H,4-9H2,1-3H3. The van der Waals surface area contributed by atoms with E-state index in [-0.39, 0.29) is 0 Å². The Bertz CT molecular complexity index is 198. The van der Waals surface area contributed by atoms with Crippen molar-refractivity contribution in [2.75, 3.05) is 13.6 Å². The Hall–Kier alpha value is -0.0800. The van der Waals surface area contributed by atoms with E-state index in [1.54, 1.807) is 0 Å². The van der Waals surface area contributed by atoms with Crippen LogP contribution < -0.4 is 5.32 Å². The zero-order chi connectivity index (χ0) is 10.2. The first-order chi connectivity index (χ1) is 6.65. The van der Waals surface area contributed by atoms with Gasteiger partial charge in [-0.3, -0.25) is 4.90 Å². The zero-order valence-corrected chi connectivity index (χ0v) is 9.84. The molecule has 2 atom stereocenters. The summed E-state index contributed by atoms with van der Waals surface area (Å²) in [4.78, 5) is 2.75. The smallest absolute Gasteiger partial charge is 0.0184 e. The van der Waals surface area contributed by atoms with Crippen LogP contribution in [0.25, 0.3) is 0 Å². The van der Waals surface area contributed by atoms with Crippen LogP contribution in [0.4, 0.5) is 0 Å². The largest absolute Gasteiger partial charge is 0.317 e. The highest BCUT2D eigenvalue weighted by molar-refractivity contribution is 4.98. The van der Waals surface area contributed by atoms with Crippen molar-refractivity contribution >= 4 is 0 Å². The molecular weight excluding hydrogens is 172 g/mol. The van der Waals surface area contributed by atoms with Crippen LogP contribution in [0.2, 0.25) is 0 Å². The number of nitrogens with zero attached hydrogens (tertiary/aromatic N) is 1. The van der Waals surface area contributed by atoms with Gasteiger partial charge < -0.3 is 5.32 Å². The van der Waals surface area contributed by atoms with Crippen LogP contribution in [0.3, 0.4) is 0 Å². The number of rotatable bonds is 2. The minimum absolute atomic E-state index is 0.554. The number of nitrogens with one attached hydrogen (secondary N) is 1. The van der Waals surface area contributed by atoms with Crippen molar-refractivity contribution in [2.24, 2.45) is 0 Å². The van der Waals surface area contributed by atoms with Gasteiger partial charge in [0.15, 0.2) is 0 Å². The summed E-state index contributed by atoms with van der Waals surface area (Å²) in [5.74, 6) is 0. The lowest BCUT2D eigenvalue weighted by atomic mass is 9.75. The molecule has 0 bridgehead atoms. The third-order valence-electron chi connectivity index (χ3n) is 4.41. The van der Waals surface area contributed by atoms with Crippen LogP contribution >= 0.6 is 0 Å². The van der Waals surface area contributed by atoms with E-state index in [0.717, 1.165) is 12.1 Å². The Balaban J connectivity index is 1.95. The first kappa shape index (κ1) is 10.4. The average molecular weight is 196 g/mol. The fraction of sp³-hybridized carbons (Fsp3) is 1.00. The highest BCUT2D eigenvalue weighted by Gasteiger charge is 2.41. The second-order valence-corrected chi connectivity index (χ2v) is 5.40. The molecule has 2 aliphatic rings. The van der Waals surface area contributed by atoms with Gasteiger partial charge in [-0.25, -0.2) is 0 Å². The van der Waals surface area contributed by atoms with Gasteiger partial charge in [-0.2, -0.15) is 0 Å². The molecular formula is C12H24N2. The molecule has 82 valence electrons. The van der Waals surface area contributed by atoms with Crippen LogP contribution in [-0.4, -0.2) is 36.1 Å². The molecule has 0 aromatic rings. The highest BCUT2D eigenvalue weighted by Crippen LogP contribution is 2.40. The summed E-state index contributed by atoms with van der Waals surface area (Å²) in [5.41, 5.74) is 0.554. The minimum atomic E-state index is 0.554. The number of hydrogen-bond donors (Lipinski definition) is 1. The molecule has 2 unspecified atom stereocenters. The lowest BCUT2D eigenvalue weighted by Crippen LogP contribution is -2.59. The lowest BCUT2D eigenvalue weighted by molar-refractivity contribution is -0.0227. The van der Waals surface area contributed by atoms with Crippen LogP contribution in [0.15, 0.2) is 0 Å². The second kappa shape index (κ2) is 3.82. The summed E-state index contributed by atoms with van der Waals surface area (Å²) in [6, 6.07) is 1.52. The van der Waals surface area contributed by atoms with Gasteiger partial charge in [0.1, 0.15) is 0 Å². The third kappa shape index (κ3) is 1.70. The van der Waals surface area contributed by atoms with E-state index in [4.69, 9.17) is 0 Å². The molecule has 1 saturated carbocycles. The van der Waals surface area contributed by atoms with Gasteiger partial charge in [0, 0.05) is 24.2 Å². The van der Waals surface area contributed by atoms with Gasteiger partial charge in [0.25, 0.3) is 0 Å². The maximum Gasteiger partial charge on any atom is 0.0184 e. The molecule has 1 saturated heterocycles. The van der Waals surface area contributed by atoms with E-state index in [1.807, 2.05) is 0 Å². The first-order valence-corrected chi connectivity index (χ1v) is 6.10. The van der Waals surface area contributed by atoms with Crippen LogP contribution in [-0.2, 0) is 0 Å². The van der Waals surface area contributed by atoms with Crippen LogP contribution in [0, 0.1) is 0 Å². The summed E-state index contributed by atoms with van der Waals surface area (Å²) >= 11 is 0. The van der Waals surface area contributed by atoms with E-state index in [9.17, 15) is 0 Å². The van der Waals surface area contributed by atoms with E-state index >= 15 is 0 Å².